The van der Waals surface area contributed by atoms with E-state index in [2.05, 4.69) is 50.2 Å². The highest BCUT2D eigenvalue weighted by Gasteiger charge is 2.18. The summed E-state index contributed by atoms with van der Waals surface area (Å²) >= 11 is 0. The molecule has 0 saturated heterocycles. The molecule has 0 unspecified atom stereocenters. The van der Waals surface area contributed by atoms with Gasteiger partial charge in [0.25, 0.3) is 0 Å². The minimum atomic E-state index is -0.321. The lowest BCUT2D eigenvalue weighted by atomic mass is 10.0. The monoisotopic (exact) mass is 520 g/mol. The molecule has 13 heteroatoms. The van der Waals surface area contributed by atoms with Crippen molar-refractivity contribution in [3.63, 3.8) is 0 Å². The van der Waals surface area contributed by atoms with Crippen molar-refractivity contribution < 1.29 is 4.39 Å². The number of fused-ring (bicyclic) bond motifs is 3. The summed E-state index contributed by atoms with van der Waals surface area (Å²) in [7, 11) is 0. The maximum Gasteiger partial charge on any atom is 0.182 e. The average Bonchev–Trinajstić information content (AvgIpc) is 3.64. The van der Waals surface area contributed by atoms with Crippen molar-refractivity contribution in [2.24, 2.45) is 0 Å². The highest BCUT2D eigenvalue weighted by molar-refractivity contribution is 5.85. The molecule has 6 aromatic heterocycles. The van der Waals surface area contributed by atoms with E-state index in [9.17, 15) is 4.39 Å². The molecule has 5 N–H and O–H groups in total. The summed E-state index contributed by atoms with van der Waals surface area (Å²) in [5, 5.41) is 4.26. The molecule has 0 aliphatic carbocycles. The van der Waals surface area contributed by atoms with E-state index in [0.29, 0.717) is 39.7 Å². The number of rotatable bonds is 4. The van der Waals surface area contributed by atoms with E-state index in [1.807, 2.05) is 31.2 Å². The minimum absolute atomic E-state index is 0.157. The zero-order valence-corrected chi connectivity index (χ0v) is 20.5. The SMILES string of the molecule is C[C@H](Nc1ncnc2nc[nH]c12)c1cc2ccc(F)cc2nc1-c1ccccn1.Nc1ncnc2nc[nH]c12. The number of benzene rings is 1. The number of hydrogen-bond donors (Lipinski definition) is 4. The third-order valence-electron chi connectivity index (χ3n) is 6.01. The van der Waals surface area contributed by atoms with Gasteiger partial charge in [-0.05, 0) is 37.3 Å². The van der Waals surface area contributed by atoms with Gasteiger partial charge in [0.1, 0.15) is 29.5 Å². The molecular weight excluding hydrogens is 499 g/mol. The van der Waals surface area contributed by atoms with Crippen molar-refractivity contribution in [1.82, 2.24) is 49.8 Å². The van der Waals surface area contributed by atoms with Crippen molar-refractivity contribution in [3.8, 4) is 11.4 Å². The van der Waals surface area contributed by atoms with Gasteiger partial charge in [0.15, 0.2) is 22.9 Å². The number of nitrogens with two attached hydrogens (primary N) is 1. The number of nitrogens with zero attached hydrogens (tertiary/aromatic N) is 8. The van der Waals surface area contributed by atoms with Crippen LogP contribution in [0.3, 0.4) is 0 Å². The molecule has 39 heavy (non-hydrogen) atoms. The fraction of sp³-hybridized carbons (Fsp3) is 0.0769. The molecule has 6 heterocycles. The van der Waals surface area contributed by atoms with Crippen LogP contribution in [0, 0.1) is 5.82 Å². The number of halogens is 1. The van der Waals surface area contributed by atoms with E-state index < -0.39 is 0 Å². The molecule has 0 fully saturated rings. The second-order valence-electron chi connectivity index (χ2n) is 8.53. The average molecular weight is 521 g/mol. The summed E-state index contributed by atoms with van der Waals surface area (Å²) in [4.78, 5) is 39.2. The van der Waals surface area contributed by atoms with Crippen LogP contribution in [-0.2, 0) is 0 Å². The van der Waals surface area contributed by atoms with E-state index >= 15 is 0 Å². The summed E-state index contributed by atoms with van der Waals surface area (Å²) in [5.74, 6) is 0.757. The summed E-state index contributed by atoms with van der Waals surface area (Å²) in [6.45, 7) is 2.02. The maximum atomic E-state index is 13.7. The number of aromatic nitrogens is 10. The number of hydrogen-bond acceptors (Lipinski definition) is 10. The minimum Gasteiger partial charge on any atom is -0.382 e. The van der Waals surface area contributed by atoms with Crippen LogP contribution in [0.25, 0.3) is 44.6 Å². The maximum absolute atomic E-state index is 13.7. The van der Waals surface area contributed by atoms with E-state index in [-0.39, 0.29) is 11.9 Å². The molecule has 192 valence electrons. The Morgan fingerprint density at radius 2 is 1.62 bits per heavy atom. The van der Waals surface area contributed by atoms with Crippen molar-refractivity contribution in [2.75, 3.05) is 11.1 Å². The lowest BCUT2D eigenvalue weighted by molar-refractivity contribution is 0.629. The van der Waals surface area contributed by atoms with Crippen LogP contribution in [0.1, 0.15) is 18.5 Å². The first-order valence-corrected chi connectivity index (χ1v) is 11.9. The van der Waals surface area contributed by atoms with Crippen molar-refractivity contribution >= 4 is 44.9 Å². The second kappa shape index (κ2) is 10.0. The van der Waals surface area contributed by atoms with Crippen LogP contribution in [0.15, 0.2) is 74.0 Å². The molecule has 12 nitrogen and oxygen atoms in total. The molecule has 7 rings (SSSR count). The van der Waals surface area contributed by atoms with Crippen molar-refractivity contribution in [3.05, 3.63) is 85.4 Å². The molecule has 0 aliphatic rings. The largest absolute Gasteiger partial charge is 0.382 e. The number of nitrogen functional groups attached to an aromatic ring is 1. The first kappa shape index (κ1) is 23.8. The van der Waals surface area contributed by atoms with Gasteiger partial charge < -0.3 is 21.0 Å². The third-order valence-corrected chi connectivity index (χ3v) is 6.01. The van der Waals surface area contributed by atoms with Crippen molar-refractivity contribution in [2.45, 2.75) is 13.0 Å². The van der Waals surface area contributed by atoms with Gasteiger partial charge in [-0.1, -0.05) is 6.07 Å². The molecule has 0 radical (unpaired) electrons. The Labute approximate surface area is 220 Å². The Kier molecular flexibility index (Phi) is 6.13. The molecule has 0 aliphatic heterocycles. The fourth-order valence-corrected chi connectivity index (χ4v) is 4.14. The molecule has 1 aromatic carbocycles. The number of aromatic amines is 2. The van der Waals surface area contributed by atoms with Gasteiger partial charge in [-0.25, -0.2) is 39.3 Å². The summed E-state index contributed by atoms with van der Waals surface area (Å²) in [6.07, 6.45) is 7.70. The highest BCUT2D eigenvalue weighted by atomic mass is 19.1. The number of pyridine rings is 2. The van der Waals surface area contributed by atoms with Gasteiger partial charge in [-0.3, -0.25) is 4.98 Å². The van der Waals surface area contributed by atoms with Crippen LogP contribution in [-0.4, -0.2) is 49.8 Å². The predicted molar refractivity (Wildman–Crippen MR) is 145 cm³/mol. The smallest absolute Gasteiger partial charge is 0.182 e. The first-order chi connectivity index (χ1) is 19.1. The van der Waals surface area contributed by atoms with Crippen molar-refractivity contribution in [1.29, 1.82) is 0 Å². The molecule has 0 bridgehead atoms. The second-order valence-corrected chi connectivity index (χ2v) is 8.53. The number of H-pyrrole nitrogens is 2. The Bertz CT molecular complexity index is 1900. The summed E-state index contributed by atoms with van der Waals surface area (Å²) in [5.41, 5.74) is 11.0. The van der Waals surface area contributed by atoms with Crippen LogP contribution < -0.4 is 11.1 Å². The molecule has 0 amide bonds. The molecule has 7 aromatic rings. The van der Waals surface area contributed by atoms with E-state index in [0.717, 1.165) is 22.2 Å². The number of nitrogens with one attached hydrogen (secondary N) is 3. The number of anilines is 2. The Balaban J connectivity index is 0.000000231. The van der Waals surface area contributed by atoms with E-state index in [1.54, 1.807) is 18.6 Å². The lowest BCUT2D eigenvalue weighted by Gasteiger charge is -2.19. The van der Waals surface area contributed by atoms with Crippen LogP contribution in [0.4, 0.5) is 16.0 Å². The molecule has 1 atom stereocenters. The highest BCUT2D eigenvalue weighted by Crippen LogP contribution is 2.31. The van der Waals surface area contributed by atoms with Gasteiger partial charge in [0.05, 0.1) is 35.6 Å². The zero-order valence-electron chi connectivity index (χ0n) is 20.5. The van der Waals surface area contributed by atoms with Gasteiger partial charge in [-0.15, -0.1) is 0 Å². The standard InChI is InChI=1S/C21H16FN7.C5H5N5/c1-12(28-21-19-20(25-10-24-19)26-11-27-21)15-8-13-5-6-14(22)9-17(13)29-18(15)16-4-2-3-7-23-16;6-4-3-5(9-1-7-3)10-2-8-4/h2-12H,1H3,(H2,24,25,26,27,28);1-2H,(H3,6,7,8,9,10)/t12-;/m0./s1. The normalized spacial score (nSPS) is 11.8. The van der Waals surface area contributed by atoms with Gasteiger partial charge in [-0.2, -0.15) is 0 Å². The Hall–Kier alpha value is -5.59. The summed E-state index contributed by atoms with van der Waals surface area (Å²) in [6, 6.07) is 12.1. The van der Waals surface area contributed by atoms with Crippen LogP contribution in [0.2, 0.25) is 0 Å². The van der Waals surface area contributed by atoms with E-state index in [4.69, 9.17) is 10.7 Å². The molecule has 0 saturated carbocycles. The molecule has 0 spiro atoms. The van der Waals surface area contributed by atoms with Gasteiger partial charge >= 0.3 is 0 Å². The first-order valence-electron chi connectivity index (χ1n) is 11.9. The topological polar surface area (TPSA) is 173 Å². The van der Waals surface area contributed by atoms with Crippen LogP contribution in [0.5, 0.6) is 0 Å². The quantitative estimate of drug-likeness (QED) is 0.263. The molecular formula is C26H21FN12. The Morgan fingerprint density at radius 1 is 0.846 bits per heavy atom. The van der Waals surface area contributed by atoms with Crippen LogP contribution >= 0.6 is 0 Å². The third kappa shape index (κ3) is 4.75. The van der Waals surface area contributed by atoms with E-state index in [1.165, 1.54) is 31.1 Å². The summed E-state index contributed by atoms with van der Waals surface area (Å²) < 4.78 is 13.7. The Morgan fingerprint density at radius 3 is 2.38 bits per heavy atom. The van der Waals surface area contributed by atoms with Gasteiger partial charge in [0, 0.05) is 23.2 Å². The predicted octanol–water partition coefficient (Wildman–Crippen LogP) is 4.21. The lowest BCUT2D eigenvalue weighted by Crippen LogP contribution is -2.11. The van der Waals surface area contributed by atoms with Gasteiger partial charge in [0.2, 0.25) is 0 Å². The zero-order chi connectivity index (χ0) is 26.8. The fourth-order valence-electron chi connectivity index (χ4n) is 4.14. The number of imidazole rings is 2.